The van der Waals surface area contributed by atoms with E-state index in [0.717, 1.165) is 23.4 Å². The molecule has 2 N–H and O–H groups in total. The van der Waals surface area contributed by atoms with Crippen molar-refractivity contribution in [3.63, 3.8) is 0 Å². The normalized spacial score (nSPS) is 10.8. The average Bonchev–Trinajstić information content (AvgIpc) is 3.44. The Hall–Kier alpha value is -3.07. The maximum Gasteiger partial charge on any atom is 0.180 e. The Bertz CT molecular complexity index is 1220. The van der Waals surface area contributed by atoms with Gasteiger partial charge in [0, 0.05) is 27.9 Å². The van der Waals surface area contributed by atoms with Crippen LogP contribution in [0.4, 0.5) is 11.5 Å². The minimum atomic E-state index is 0.294. The molecule has 0 radical (unpaired) electrons. The Morgan fingerprint density at radius 2 is 1.79 bits per heavy atom. The van der Waals surface area contributed by atoms with E-state index in [9.17, 15) is 0 Å². The fraction of sp³-hybridized carbons (Fsp3) is 0.174. The maximum atomic E-state index is 6.24. The SMILES string of the molecule is CCc1ccc(OCn2cc(NC(=S)Nc3ccn(Cc4c(Cl)cccc4Cl)n3)cn2)cc1. The standard InChI is InChI=1S/C23H22Cl2N6OS/c1-2-16-6-8-18(9-7-16)32-15-31-13-17(12-26-31)27-23(33)28-22-10-11-30(29-22)14-19-20(24)4-3-5-21(19)25/h3-13H,2,14-15H2,1H3,(H2,27,28,29,33). The predicted molar refractivity (Wildman–Crippen MR) is 136 cm³/mol. The number of aryl methyl sites for hydroxylation is 1. The van der Waals surface area contributed by atoms with Gasteiger partial charge < -0.3 is 15.4 Å². The van der Waals surface area contributed by atoms with Gasteiger partial charge in [0.25, 0.3) is 0 Å². The second-order valence-corrected chi connectivity index (χ2v) is 8.44. The van der Waals surface area contributed by atoms with Gasteiger partial charge in [0.1, 0.15) is 5.75 Å². The third kappa shape index (κ3) is 6.25. The van der Waals surface area contributed by atoms with Crippen LogP contribution in [0.1, 0.15) is 18.1 Å². The molecule has 2 heterocycles. The Balaban J connectivity index is 1.28. The lowest BCUT2D eigenvalue weighted by molar-refractivity contribution is 0.221. The van der Waals surface area contributed by atoms with Gasteiger partial charge in [-0.2, -0.15) is 10.2 Å². The molecular formula is C23H22Cl2N6OS. The van der Waals surface area contributed by atoms with Crippen molar-refractivity contribution in [2.75, 3.05) is 10.6 Å². The van der Waals surface area contributed by atoms with Crippen LogP contribution in [0.5, 0.6) is 5.75 Å². The number of ether oxygens (including phenoxy) is 1. The van der Waals surface area contributed by atoms with Crippen molar-refractivity contribution in [1.82, 2.24) is 19.6 Å². The van der Waals surface area contributed by atoms with E-state index in [4.69, 9.17) is 40.2 Å². The molecule has 7 nitrogen and oxygen atoms in total. The van der Waals surface area contributed by atoms with Crippen molar-refractivity contribution < 1.29 is 4.74 Å². The van der Waals surface area contributed by atoms with Crippen LogP contribution in [-0.2, 0) is 19.7 Å². The fourth-order valence-electron chi connectivity index (χ4n) is 3.10. The molecule has 0 aliphatic heterocycles. The lowest BCUT2D eigenvalue weighted by atomic mass is 10.2. The van der Waals surface area contributed by atoms with E-state index in [-0.39, 0.29) is 0 Å². The number of aromatic nitrogens is 4. The van der Waals surface area contributed by atoms with Crippen LogP contribution in [0, 0.1) is 0 Å². The number of benzene rings is 2. The third-order valence-electron chi connectivity index (χ3n) is 4.85. The van der Waals surface area contributed by atoms with E-state index < -0.39 is 0 Å². The molecule has 0 spiro atoms. The van der Waals surface area contributed by atoms with Gasteiger partial charge in [-0.05, 0) is 48.5 Å². The van der Waals surface area contributed by atoms with Crippen LogP contribution in [0.3, 0.4) is 0 Å². The Morgan fingerprint density at radius 3 is 2.52 bits per heavy atom. The van der Waals surface area contributed by atoms with Gasteiger partial charge in [-0.1, -0.05) is 48.3 Å². The summed E-state index contributed by atoms with van der Waals surface area (Å²) in [5, 5.41) is 16.5. The quantitative estimate of drug-likeness (QED) is 0.296. The van der Waals surface area contributed by atoms with E-state index in [2.05, 4.69) is 39.9 Å². The molecule has 170 valence electrons. The van der Waals surface area contributed by atoms with E-state index in [0.29, 0.717) is 34.3 Å². The van der Waals surface area contributed by atoms with Crippen molar-refractivity contribution in [2.45, 2.75) is 26.6 Å². The Labute approximate surface area is 207 Å². The van der Waals surface area contributed by atoms with E-state index in [1.807, 2.05) is 36.7 Å². The van der Waals surface area contributed by atoms with E-state index in [1.165, 1.54) is 5.56 Å². The van der Waals surface area contributed by atoms with Crippen molar-refractivity contribution in [1.29, 1.82) is 0 Å². The van der Waals surface area contributed by atoms with Gasteiger partial charge in [0.2, 0.25) is 0 Å². The number of thiocarbonyl (C=S) groups is 1. The lowest BCUT2D eigenvalue weighted by Gasteiger charge is -2.08. The summed E-state index contributed by atoms with van der Waals surface area (Å²) >= 11 is 17.9. The van der Waals surface area contributed by atoms with Gasteiger partial charge in [-0.15, -0.1) is 0 Å². The Morgan fingerprint density at radius 1 is 1.03 bits per heavy atom. The number of nitrogens with zero attached hydrogens (tertiary/aromatic N) is 4. The van der Waals surface area contributed by atoms with Crippen molar-refractivity contribution in [3.8, 4) is 5.75 Å². The molecule has 0 saturated heterocycles. The zero-order chi connectivity index (χ0) is 23.2. The van der Waals surface area contributed by atoms with Crippen LogP contribution in [-0.4, -0.2) is 24.7 Å². The second kappa shape index (κ2) is 10.7. The first-order valence-corrected chi connectivity index (χ1v) is 11.4. The highest BCUT2D eigenvalue weighted by molar-refractivity contribution is 7.80. The monoisotopic (exact) mass is 500 g/mol. The van der Waals surface area contributed by atoms with E-state index in [1.54, 1.807) is 27.7 Å². The predicted octanol–water partition coefficient (Wildman–Crippen LogP) is 5.84. The molecule has 10 heteroatoms. The number of hydrogen-bond acceptors (Lipinski definition) is 4. The zero-order valence-electron chi connectivity index (χ0n) is 17.8. The summed E-state index contributed by atoms with van der Waals surface area (Å²) in [7, 11) is 0. The summed E-state index contributed by atoms with van der Waals surface area (Å²) in [5.74, 6) is 1.39. The number of hydrogen-bond donors (Lipinski definition) is 2. The van der Waals surface area contributed by atoms with Gasteiger partial charge in [-0.25, -0.2) is 4.68 Å². The van der Waals surface area contributed by atoms with E-state index >= 15 is 0 Å². The molecule has 4 aromatic rings. The first kappa shape index (κ1) is 23.1. The summed E-state index contributed by atoms with van der Waals surface area (Å²) in [6, 6.07) is 15.3. The minimum Gasteiger partial charge on any atom is -0.471 e. The molecule has 0 saturated carbocycles. The molecular weight excluding hydrogens is 479 g/mol. The molecule has 0 amide bonds. The Kier molecular flexibility index (Phi) is 7.49. The van der Waals surface area contributed by atoms with Crippen LogP contribution in [0.25, 0.3) is 0 Å². The van der Waals surface area contributed by atoms with Crippen LogP contribution in [0.2, 0.25) is 10.0 Å². The first-order valence-electron chi connectivity index (χ1n) is 10.3. The molecule has 0 fully saturated rings. The molecule has 0 aliphatic rings. The minimum absolute atomic E-state index is 0.294. The highest BCUT2D eigenvalue weighted by atomic mass is 35.5. The summed E-state index contributed by atoms with van der Waals surface area (Å²) < 4.78 is 9.18. The summed E-state index contributed by atoms with van der Waals surface area (Å²) in [6.07, 6.45) is 6.31. The maximum absolute atomic E-state index is 6.24. The molecule has 2 aromatic carbocycles. The first-order chi connectivity index (χ1) is 16.0. The molecule has 33 heavy (non-hydrogen) atoms. The van der Waals surface area contributed by atoms with Crippen molar-refractivity contribution >= 4 is 52.0 Å². The van der Waals surface area contributed by atoms with Crippen LogP contribution in [0.15, 0.2) is 67.1 Å². The van der Waals surface area contributed by atoms with Gasteiger partial charge in [-0.3, -0.25) is 4.68 Å². The van der Waals surface area contributed by atoms with Gasteiger partial charge in [0.05, 0.1) is 24.6 Å². The third-order valence-corrected chi connectivity index (χ3v) is 5.76. The molecule has 0 atom stereocenters. The average molecular weight is 501 g/mol. The summed E-state index contributed by atoms with van der Waals surface area (Å²) in [6.45, 7) is 2.87. The number of halogens is 2. The van der Waals surface area contributed by atoms with Crippen molar-refractivity contribution in [3.05, 3.63) is 88.3 Å². The second-order valence-electron chi connectivity index (χ2n) is 7.22. The van der Waals surface area contributed by atoms with Crippen molar-refractivity contribution in [2.24, 2.45) is 0 Å². The molecule has 2 aromatic heterocycles. The molecule has 4 rings (SSSR count). The van der Waals surface area contributed by atoms with Crippen LogP contribution < -0.4 is 15.4 Å². The summed E-state index contributed by atoms with van der Waals surface area (Å²) in [5.41, 5.74) is 2.82. The fourth-order valence-corrected chi connectivity index (χ4v) is 3.84. The molecule has 0 bridgehead atoms. The topological polar surface area (TPSA) is 68.9 Å². The lowest BCUT2D eigenvalue weighted by Crippen LogP contribution is -2.19. The molecule has 0 unspecified atom stereocenters. The zero-order valence-corrected chi connectivity index (χ0v) is 20.2. The number of rotatable bonds is 8. The smallest absolute Gasteiger partial charge is 0.180 e. The largest absolute Gasteiger partial charge is 0.471 e. The number of nitrogens with one attached hydrogen (secondary N) is 2. The van der Waals surface area contributed by atoms with Gasteiger partial charge in [0.15, 0.2) is 17.7 Å². The summed E-state index contributed by atoms with van der Waals surface area (Å²) in [4.78, 5) is 0. The number of anilines is 2. The molecule has 0 aliphatic carbocycles. The highest BCUT2D eigenvalue weighted by Crippen LogP contribution is 2.25. The van der Waals surface area contributed by atoms with Gasteiger partial charge >= 0.3 is 0 Å². The highest BCUT2D eigenvalue weighted by Gasteiger charge is 2.09. The van der Waals surface area contributed by atoms with Crippen LogP contribution >= 0.6 is 35.4 Å².